The van der Waals surface area contributed by atoms with E-state index in [9.17, 15) is 4.79 Å². The van der Waals surface area contributed by atoms with Crippen LogP contribution in [0, 0.1) is 5.92 Å². The van der Waals surface area contributed by atoms with Gasteiger partial charge in [-0.15, -0.1) is 0 Å². The number of hydrogen-bond acceptors (Lipinski definition) is 4. The average Bonchev–Trinajstić information content (AvgIpc) is 2.36. The summed E-state index contributed by atoms with van der Waals surface area (Å²) in [6.07, 6.45) is 4.89. The predicted molar refractivity (Wildman–Crippen MR) is 63.3 cm³/mol. The molecule has 5 nitrogen and oxygen atoms in total. The summed E-state index contributed by atoms with van der Waals surface area (Å²) in [5, 5.41) is 9.02. The normalized spacial score (nSPS) is 24.6. The number of rotatable bonds is 3. The second-order valence-electron chi connectivity index (χ2n) is 4.29. The standard InChI is InChI=1S/C11H15ClN2O3/c12-9-10(16)13-6-14-11(9)17-8-3-1-7(5-15)2-4-8/h6-8,15H,1-5H2,(H,13,14,16). The predicted octanol–water partition coefficient (Wildman–Crippen LogP) is 1.35. The topological polar surface area (TPSA) is 75.2 Å². The molecule has 6 heteroatoms. The van der Waals surface area contributed by atoms with E-state index in [0.29, 0.717) is 5.92 Å². The van der Waals surface area contributed by atoms with E-state index in [0.717, 1.165) is 25.7 Å². The smallest absolute Gasteiger partial charge is 0.273 e. The first-order chi connectivity index (χ1) is 8.20. The third kappa shape index (κ3) is 2.98. The molecule has 2 N–H and O–H groups in total. The third-order valence-electron chi connectivity index (χ3n) is 3.09. The summed E-state index contributed by atoms with van der Waals surface area (Å²) in [5.74, 6) is 0.570. The molecule has 94 valence electrons. The van der Waals surface area contributed by atoms with Gasteiger partial charge < -0.3 is 14.8 Å². The van der Waals surface area contributed by atoms with Crippen LogP contribution in [0.15, 0.2) is 11.1 Å². The lowest BCUT2D eigenvalue weighted by Gasteiger charge is -2.27. The molecule has 0 bridgehead atoms. The maximum atomic E-state index is 11.2. The van der Waals surface area contributed by atoms with Crippen LogP contribution in [0.25, 0.3) is 0 Å². The Morgan fingerprint density at radius 2 is 2.18 bits per heavy atom. The number of aliphatic hydroxyl groups excluding tert-OH is 1. The number of aliphatic hydroxyl groups is 1. The zero-order valence-corrected chi connectivity index (χ0v) is 10.1. The van der Waals surface area contributed by atoms with E-state index in [-0.39, 0.29) is 29.2 Å². The SMILES string of the molecule is O=c1[nH]cnc(OC2CCC(CO)CC2)c1Cl. The summed E-state index contributed by atoms with van der Waals surface area (Å²) in [6.45, 7) is 0.233. The number of ether oxygens (including phenoxy) is 1. The van der Waals surface area contributed by atoms with Crippen molar-refractivity contribution in [2.75, 3.05) is 6.61 Å². The highest BCUT2D eigenvalue weighted by Crippen LogP contribution is 2.28. The molecule has 1 aliphatic rings. The Kier molecular flexibility index (Phi) is 4.02. The molecule has 1 saturated carbocycles. The number of halogens is 1. The van der Waals surface area contributed by atoms with E-state index in [1.54, 1.807) is 0 Å². The molecule has 0 atom stereocenters. The van der Waals surface area contributed by atoms with Crippen LogP contribution in [0.4, 0.5) is 0 Å². The lowest BCUT2D eigenvalue weighted by molar-refractivity contribution is 0.100. The summed E-state index contributed by atoms with van der Waals surface area (Å²) in [4.78, 5) is 17.5. The second kappa shape index (κ2) is 5.51. The van der Waals surface area contributed by atoms with Crippen molar-refractivity contribution in [3.63, 3.8) is 0 Å². The van der Waals surface area contributed by atoms with Gasteiger partial charge in [0.2, 0.25) is 5.88 Å². The van der Waals surface area contributed by atoms with Crippen LogP contribution in [-0.4, -0.2) is 27.8 Å². The van der Waals surface area contributed by atoms with Crippen molar-refractivity contribution in [3.05, 3.63) is 21.7 Å². The van der Waals surface area contributed by atoms with Crippen LogP contribution in [0.2, 0.25) is 5.02 Å². The first-order valence-electron chi connectivity index (χ1n) is 5.71. The minimum Gasteiger partial charge on any atom is -0.473 e. The molecule has 0 aromatic carbocycles. The summed E-state index contributed by atoms with van der Waals surface area (Å²) in [5.41, 5.74) is -0.388. The summed E-state index contributed by atoms with van der Waals surface area (Å²) < 4.78 is 5.62. The number of hydrogen-bond donors (Lipinski definition) is 2. The van der Waals surface area contributed by atoms with Gasteiger partial charge in [-0.05, 0) is 31.6 Å². The lowest BCUT2D eigenvalue weighted by atomic mass is 9.88. The maximum absolute atomic E-state index is 11.2. The number of aromatic amines is 1. The highest BCUT2D eigenvalue weighted by atomic mass is 35.5. The highest BCUT2D eigenvalue weighted by Gasteiger charge is 2.23. The molecule has 1 aromatic rings. The highest BCUT2D eigenvalue weighted by molar-refractivity contribution is 6.31. The zero-order valence-electron chi connectivity index (χ0n) is 9.36. The van der Waals surface area contributed by atoms with Gasteiger partial charge in [-0.2, -0.15) is 0 Å². The molecule has 1 fully saturated rings. The van der Waals surface area contributed by atoms with E-state index in [1.165, 1.54) is 6.33 Å². The quantitative estimate of drug-likeness (QED) is 0.858. The molecule has 0 radical (unpaired) electrons. The summed E-state index contributed by atoms with van der Waals surface area (Å²) in [7, 11) is 0. The van der Waals surface area contributed by atoms with Gasteiger partial charge in [0.25, 0.3) is 5.56 Å². The van der Waals surface area contributed by atoms with Gasteiger partial charge in [-0.3, -0.25) is 4.79 Å². The van der Waals surface area contributed by atoms with Gasteiger partial charge in [-0.25, -0.2) is 4.98 Å². The second-order valence-corrected chi connectivity index (χ2v) is 4.67. The summed E-state index contributed by atoms with van der Waals surface area (Å²) >= 11 is 5.80. The fraction of sp³-hybridized carbons (Fsp3) is 0.636. The molecular formula is C11H15ClN2O3. The van der Waals surface area contributed by atoms with Crippen molar-refractivity contribution >= 4 is 11.6 Å². The molecule has 0 spiro atoms. The van der Waals surface area contributed by atoms with Crippen molar-refractivity contribution in [2.24, 2.45) is 5.92 Å². The van der Waals surface area contributed by atoms with Gasteiger partial charge in [-0.1, -0.05) is 11.6 Å². The van der Waals surface area contributed by atoms with E-state index in [2.05, 4.69) is 9.97 Å². The van der Waals surface area contributed by atoms with Gasteiger partial charge in [0.05, 0.1) is 6.33 Å². The van der Waals surface area contributed by atoms with E-state index >= 15 is 0 Å². The molecular weight excluding hydrogens is 244 g/mol. The largest absolute Gasteiger partial charge is 0.473 e. The van der Waals surface area contributed by atoms with Crippen LogP contribution >= 0.6 is 11.6 Å². The molecule has 0 aliphatic heterocycles. The summed E-state index contributed by atoms with van der Waals surface area (Å²) in [6, 6.07) is 0. The van der Waals surface area contributed by atoms with Gasteiger partial charge in [0.1, 0.15) is 6.10 Å². The van der Waals surface area contributed by atoms with Crippen LogP contribution in [0.3, 0.4) is 0 Å². The van der Waals surface area contributed by atoms with E-state index in [1.807, 2.05) is 0 Å². The first kappa shape index (κ1) is 12.4. The molecule has 1 aromatic heterocycles. The van der Waals surface area contributed by atoms with Crippen LogP contribution in [0.5, 0.6) is 5.88 Å². The molecule has 2 rings (SSSR count). The van der Waals surface area contributed by atoms with Gasteiger partial charge >= 0.3 is 0 Å². The zero-order chi connectivity index (χ0) is 12.3. The van der Waals surface area contributed by atoms with Crippen molar-refractivity contribution in [1.29, 1.82) is 0 Å². The van der Waals surface area contributed by atoms with Crippen LogP contribution < -0.4 is 10.3 Å². The third-order valence-corrected chi connectivity index (χ3v) is 3.43. The monoisotopic (exact) mass is 258 g/mol. The van der Waals surface area contributed by atoms with Crippen molar-refractivity contribution in [2.45, 2.75) is 31.8 Å². The number of nitrogens with zero attached hydrogens (tertiary/aromatic N) is 1. The Morgan fingerprint density at radius 1 is 1.47 bits per heavy atom. The average molecular weight is 259 g/mol. The molecule has 0 amide bonds. The van der Waals surface area contributed by atoms with Crippen molar-refractivity contribution in [1.82, 2.24) is 9.97 Å². The maximum Gasteiger partial charge on any atom is 0.273 e. The molecule has 0 saturated heterocycles. The fourth-order valence-electron chi connectivity index (χ4n) is 2.04. The van der Waals surface area contributed by atoms with Crippen molar-refractivity contribution in [3.8, 4) is 5.88 Å². The van der Waals surface area contributed by atoms with Crippen LogP contribution in [-0.2, 0) is 0 Å². The molecule has 0 unspecified atom stereocenters. The Hall–Kier alpha value is -1.07. The number of nitrogens with one attached hydrogen (secondary N) is 1. The van der Waals surface area contributed by atoms with Gasteiger partial charge in [0.15, 0.2) is 5.02 Å². The Labute approximate surface area is 104 Å². The first-order valence-corrected chi connectivity index (χ1v) is 6.09. The molecule has 1 heterocycles. The number of H-pyrrole nitrogens is 1. The van der Waals surface area contributed by atoms with E-state index < -0.39 is 0 Å². The lowest BCUT2D eigenvalue weighted by Crippen LogP contribution is -2.26. The number of aromatic nitrogens is 2. The Balaban J connectivity index is 1.98. The minimum atomic E-state index is -0.388. The van der Waals surface area contributed by atoms with Crippen molar-refractivity contribution < 1.29 is 9.84 Å². The van der Waals surface area contributed by atoms with Crippen LogP contribution in [0.1, 0.15) is 25.7 Å². The molecule has 17 heavy (non-hydrogen) atoms. The fourth-order valence-corrected chi connectivity index (χ4v) is 2.19. The minimum absolute atomic E-state index is 0.00298. The van der Waals surface area contributed by atoms with E-state index in [4.69, 9.17) is 21.4 Å². The Bertz CT molecular complexity index is 427. The van der Waals surface area contributed by atoms with Gasteiger partial charge in [0, 0.05) is 6.61 Å². The Morgan fingerprint density at radius 3 is 2.82 bits per heavy atom. The molecule has 1 aliphatic carbocycles.